The Morgan fingerprint density at radius 3 is 2.63 bits per heavy atom. The SMILES string of the molecule is Cc1ccc(OCCC(Oc2ccccc2)OS(=O)[O-])c2nc(N=C(N)N)ccc12. The van der Waals surface area contributed by atoms with Crippen LogP contribution in [0.25, 0.3) is 10.9 Å². The largest absolute Gasteiger partial charge is 0.750 e. The minimum atomic E-state index is -2.73. The van der Waals surface area contributed by atoms with Crippen molar-refractivity contribution in [2.75, 3.05) is 6.61 Å². The third-order valence-electron chi connectivity index (χ3n) is 4.07. The number of guanidine groups is 1. The van der Waals surface area contributed by atoms with Gasteiger partial charge in [-0.3, -0.25) is 4.18 Å². The summed E-state index contributed by atoms with van der Waals surface area (Å²) in [5, 5.41) is 0.885. The average molecular weight is 429 g/mol. The Morgan fingerprint density at radius 1 is 1.17 bits per heavy atom. The van der Waals surface area contributed by atoms with Crippen LogP contribution in [0.1, 0.15) is 12.0 Å². The predicted molar refractivity (Wildman–Crippen MR) is 113 cm³/mol. The molecule has 10 heteroatoms. The van der Waals surface area contributed by atoms with E-state index in [4.69, 9.17) is 25.1 Å². The van der Waals surface area contributed by atoms with Gasteiger partial charge in [0.15, 0.2) is 11.8 Å². The summed E-state index contributed by atoms with van der Waals surface area (Å²) in [6.07, 6.45) is -0.876. The first kappa shape index (κ1) is 21.5. The Labute approximate surface area is 176 Å². The fraction of sp³-hybridized carbons (Fsp3) is 0.200. The summed E-state index contributed by atoms with van der Waals surface area (Å²) in [5.41, 5.74) is 12.5. The van der Waals surface area contributed by atoms with Crippen LogP contribution in [0.15, 0.2) is 59.6 Å². The van der Waals surface area contributed by atoms with E-state index in [0.29, 0.717) is 22.8 Å². The monoisotopic (exact) mass is 429 g/mol. The van der Waals surface area contributed by atoms with E-state index in [2.05, 4.69) is 9.98 Å². The zero-order valence-corrected chi connectivity index (χ0v) is 17.0. The number of pyridine rings is 1. The van der Waals surface area contributed by atoms with Gasteiger partial charge in [-0.15, -0.1) is 0 Å². The van der Waals surface area contributed by atoms with Crippen molar-refractivity contribution in [2.45, 2.75) is 19.6 Å². The first-order valence-electron chi connectivity index (χ1n) is 9.03. The van der Waals surface area contributed by atoms with Crippen molar-refractivity contribution >= 4 is 34.0 Å². The van der Waals surface area contributed by atoms with Crippen molar-refractivity contribution in [3.63, 3.8) is 0 Å². The maximum atomic E-state index is 11.0. The molecule has 0 radical (unpaired) electrons. The van der Waals surface area contributed by atoms with Crippen LogP contribution in [0.4, 0.5) is 5.82 Å². The van der Waals surface area contributed by atoms with Gasteiger partial charge in [0.1, 0.15) is 17.0 Å². The zero-order valence-electron chi connectivity index (χ0n) is 16.2. The summed E-state index contributed by atoms with van der Waals surface area (Å²) < 4.78 is 38.2. The van der Waals surface area contributed by atoms with E-state index >= 15 is 0 Å². The second kappa shape index (κ2) is 10.0. The topological polar surface area (TPSA) is 145 Å². The molecule has 3 aromatic rings. The van der Waals surface area contributed by atoms with Gasteiger partial charge in [0.05, 0.1) is 18.0 Å². The lowest BCUT2D eigenvalue weighted by molar-refractivity contribution is -0.00580. The van der Waals surface area contributed by atoms with Gasteiger partial charge in [0.2, 0.25) is 6.29 Å². The molecule has 2 aromatic carbocycles. The number of aromatic nitrogens is 1. The number of nitrogens with two attached hydrogens (primary N) is 2. The molecule has 2 unspecified atom stereocenters. The van der Waals surface area contributed by atoms with Crippen LogP contribution in [0.5, 0.6) is 11.5 Å². The molecule has 158 valence electrons. The highest BCUT2D eigenvalue weighted by Gasteiger charge is 2.14. The Balaban J connectivity index is 1.75. The van der Waals surface area contributed by atoms with Crippen LogP contribution in [-0.2, 0) is 15.5 Å². The van der Waals surface area contributed by atoms with Crippen molar-refractivity contribution < 1.29 is 22.4 Å². The summed E-state index contributed by atoms with van der Waals surface area (Å²) >= 11 is -2.73. The lowest BCUT2D eigenvalue weighted by atomic mass is 10.1. The fourth-order valence-corrected chi connectivity index (χ4v) is 3.08. The van der Waals surface area contributed by atoms with E-state index in [1.807, 2.05) is 25.1 Å². The highest BCUT2D eigenvalue weighted by molar-refractivity contribution is 7.74. The molecule has 30 heavy (non-hydrogen) atoms. The number of benzene rings is 2. The van der Waals surface area contributed by atoms with Gasteiger partial charge in [-0.1, -0.05) is 24.3 Å². The minimum Gasteiger partial charge on any atom is -0.750 e. The predicted octanol–water partition coefficient (Wildman–Crippen LogP) is 2.43. The van der Waals surface area contributed by atoms with Gasteiger partial charge >= 0.3 is 0 Å². The van der Waals surface area contributed by atoms with Gasteiger partial charge in [0.25, 0.3) is 0 Å². The van der Waals surface area contributed by atoms with E-state index in [1.165, 1.54) is 0 Å². The number of rotatable bonds is 9. The molecule has 3 rings (SSSR count). The van der Waals surface area contributed by atoms with Gasteiger partial charge < -0.3 is 25.5 Å². The molecule has 0 saturated heterocycles. The number of aryl methyl sites for hydroxylation is 1. The molecule has 2 atom stereocenters. The van der Waals surface area contributed by atoms with Crippen molar-refractivity contribution in [1.82, 2.24) is 4.98 Å². The van der Waals surface area contributed by atoms with Crippen molar-refractivity contribution in [2.24, 2.45) is 16.5 Å². The number of hydrogen-bond acceptors (Lipinski definition) is 7. The number of fused-ring (bicyclic) bond motifs is 1. The fourth-order valence-electron chi connectivity index (χ4n) is 2.77. The van der Waals surface area contributed by atoms with Crippen LogP contribution >= 0.6 is 0 Å². The second-order valence-electron chi connectivity index (χ2n) is 6.28. The summed E-state index contributed by atoms with van der Waals surface area (Å²) in [6, 6.07) is 16.0. The standard InChI is InChI=1S/C20H22N4O5S/c1-13-7-9-16(19-15(13)8-10-17(23-19)24-20(21)22)27-12-11-18(29-30(25)26)28-14-5-3-2-4-6-14/h2-10,18H,11-12H2,1H3,(H,25,26)(H4,21,22,23,24)/p-1. The Bertz CT molecular complexity index is 1060. The minimum absolute atomic E-state index is 0.0966. The van der Waals surface area contributed by atoms with Crippen molar-refractivity contribution in [3.8, 4) is 11.5 Å². The van der Waals surface area contributed by atoms with E-state index in [-0.39, 0.29) is 19.0 Å². The second-order valence-corrected chi connectivity index (χ2v) is 6.88. The van der Waals surface area contributed by atoms with E-state index in [1.54, 1.807) is 36.4 Å². The quantitative estimate of drug-likeness (QED) is 0.228. The van der Waals surface area contributed by atoms with Crippen LogP contribution in [0.2, 0.25) is 0 Å². The highest BCUT2D eigenvalue weighted by atomic mass is 32.2. The van der Waals surface area contributed by atoms with Gasteiger partial charge in [-0.25, -0.2) is 9.19 Å². The number of nitrogens with zero attached hydrogens (tertiary/aromatic N) is 2. The molecule has 0 bridgehead atoms. The van der Waals surface area contributed by atoms with E-state index in [0.717, 1.165) is 10.9 Å². The average Bonchev–Trinajstić information content (AvgIpc) is 2.69. The molecule has 0 amide bonds. The van der Waals surface area contributed by atoms with Crippen molar-refractivity contribution in [1.29, 1.82) is 0 Å². The van der Waals surface area contributed by atoms with Crippen LogP contribution in [0.3, 0.4) is 0 Å². The molecule has 9 nitrogen and oxygen atoms in total. The van der Waals surface area contributed by atoms with E-state index in [9.17, 15) is 8.76 Å². The molecule has 1 aromatic heterocycles. The molecular formula is C20H21N4O5S-. The van der Waals surface area contributed by atoms with E-state index < -0.39 is 17.7 Å². The smallest absolute Gasteiger partial charge is 0.217 e. The molecular weight excluding hydrogens is 408 g/mol. The van der Waals surface area contributed by atoms with Crippen molar-refractivity contribution in [3.05, 3.63) is 60.2 Å². The molecule has 0 aliphatic carbocycles. The van der Waals surface area contributed by atoms with Gasteiger partial charge in [-0.05, 0) is 42.8 Å². The first-order chi connectivity index (χ1) is 14.4. The number of para-hydroxylation sites is 1. The molecule has 0 aliphatic heterocycles. The summed E-state index contributed by atoms with van der Waals surface area (Å²) in [6.45, 7) is 2.08. The summed E-state index contributed by atoms with van der Waals surface area (Å²) in [5.74, 6) is 1.25. The Morgan fingerprint density at radius 2 is 1.93 bits per heavy atom. The molecule has 0 saturated carbocycles. The molecule has 1 heterocycles. The Kier molecular flexibility index (Phi) is 7.17. The zero-order chi connectivity index (χ0) is 21.5. The third-order valence-corrected chi connectivity index (χ3v) is 4.45. The third kappa shape index (κ3) is 5.89. The van der Waals surface area contributed by atoms with Crippen LogP contribution in [0, 0.1) is 6.92 Å². The van der Waals surface area contributed by atoms with Crippen LogP contribution < -0.4 is 20.9 Å². The maximum Gasteiger partial charge on any atom is 0.217 e. The number of ether oxygens (including phenoxy) is 2. The highest BCUT2D eigenvalue weighted by Crippen LogP contribution is 2.29. The number of aliphatic imine (C=N–C) groups is 1. The molecule has 0 fully saturated rings. The molecule has 0 aliphatic rings. The van der Waals surface area contributed by atoms with Gasteiger partial charge in [-0.2, -0.15) is 4.99 Å². The summed E-state index contributed by atoms with van der Waals surface area (Å²) in [4.78, 5) is 8.42. The lowest BCUT2D eigenvalue weighted by Crippen LogP contribution is -2.24. The summed E-state index contributed by atoms with van der Waals surface area (Å²) in [7, 11) is 0. The van der Waals surface area contributed by atoms with Crippen LogP contribution in [-0.4, -0.2) is 32.6 Å². The molecule has 4 N–H and O–H groups in total. The first-order valence-corrected chi connectivity index (χ1v) is 10.0. The maximum absolute atomic E-state index is 11.0. The molecule has 0 spiro atoms. The Hall–Kier alpha value is -3.21. The van der Waals surface area contributed by atoms with Gasteiger partial charge in [0, 0.05) is 11.8 Å². The number of hydrogen-bond donors (Lipinski definition) is 2. The lowest BCUT2D eigenvalue weighted by Gasteiger charge is -2.20. The normalized spacial score (nSPS) is 12.9.